The second-order valence-corrected chi connectivity index (χ2v) is 7.25. The van der Waals surface area contributed by atoms with Crippen LogP contribution in [0.15, 0.2) is 30.4 Å². The molecule has 0 radical (unpaired) electrons. The minimum atomic E-state index is -1.16. The number of esters is 1. The smallest absolute Gasteiger partial charge is 0.326 e. The van der Waals surface area contributed by atoms with Crippen LogP contribution in [-0.4, -0.2) is 41.2 Å². The summed E-state index contributed by atoms with van der Waals surface area (Å²) in [5.74, 6) is -3.09. The summed E-state index contributed by atoms with van der Waals surface area (Å²) in [4.78, 5) is 50.1. The lowest BCUT2D eigenvalue weighted by molar-refractivity contribution is -0.158. The Kier molecular flexibility index (Phi) is 5.99. The highest BCUT2D eigenvalue weighted by Crippen LogP contribution is 2.34. The van der Waals surface area contributed by atoms with E-state index in [4.69, 9.17) is 21.6 Å². The fourth-order valence-corrected chi connectivity index (χ4v) is 3.59. The Balaban J connectivity index is 1.56. The van der Waals surface area contributed by atoms with E-state index in [1.807, 2.05) is 18.2 Å². The number of carbonyl (C=O) groups excluding carboxylic acids is 4. The minimum absolute atomic E-state index is 0.178. The molecule has 9 heteroatoms. The summed E-state index contributed by atoms with van der Waals surface area (Å²) in [6, 6.07) is 6.26. The average molecular weight is 416 g/mol. The molecule has 1 fully saturated rings. The van der Waals surface area contributed by atoms with Gasteiger partial charge in [-0.2, -0.15) is 5.26 Å². The second kappa shape index (κ2) is 8.45. The highest BCUT2D eigenvalue weighted by Gasteiger charge is 2.47. The number of ether oxygens (including phenoxy) is 1. The van der Waals surface area contributed by atoms with Gasteiger partial charge < -0.3 is 10.1 Å². The molecule has 1 N–H and O–H groups in total. The maximum atomic E-state index is 12.4. The molecule has 8 nitrogen and oxygen atoms in total. The van der Waals surface area contributed by atoms with Gasteiger partial charge in [-0.1, -0.05) is 23.8 Å². The van der Waals surface area contributed by atoms with Gasteiger partial charge in [0.1, 0.15) is 12.6 Å². The Morgan fingerprint density at radius 1 is 1.28 bits per heavy atom. The lowest BCUT2D eigenvalue weighted by Gasteiger charge is -2.17. The first-order valence-electron chi connectivity index (χ1n) is 9.02. The number of hydrogen-bond donors (Lipinski definition) is 1. The molecule has 0 spiro atoms. The van der Waals surface area contributed by atoms with Gasteiger partial charge in [0, 0.05) is 5.69 Å². The Hall–Kier alpha value is -3.18. The van der Waals surface area contributed by atoms with Crippen molar-refractivity contribution in [2.75, 3.05) is 11.9 Å². The number of likely N-dealkylation sites (tertiary alicyclic amines) is 1. The van der Waals surface area contributed by atoms with Crippen molar-refractivity contribution in [1.82, 2.24) is 4.90 Å². The van der Waals surface area contributed by atoms with Crippen LogP contribution in [-0.2, 0) is 23.9 Å². The Morgan fingerprint density at radius 3 is 2.45 bits per heavy atom. The normalized spacial score (nSPS) is 21.3. The SMILES string of the molecule is C[C@H](OC(=O)CN1C(=O)[C@H]2CC=CC[C@H]2C1=O)C(=O)Nc1ccc(C#N)c(Cl)c1. The van der Waals surface area contributed by atoms with E-state index < -0.39 is 36.4 Å². The molecule has 1 aliphatic carbocycles. The Morgan fingerprint density at radius 2 is 1.90 bits per heavy atom. The molecule has 0 aromatic heterocycles. The number of nitrogens with zero attached hydrogens (tertiary/aromatic N) is 2. The average Bonchev–Trinajstić information content (AvgIpc) is 2.93. The van der Waals surface area contributed by atoms with Crippen molar-refractivity contribution in [3.63, 3.8) is 0 Å². The summed E-state index contributed by atoms with van der Waals surface area (Å²) in [5, 5.41) is 11.6. The standard InChI is InChI=1S/C20H18ClN3O5/c1-11(18(26)23-13-7-6-12(9-22)16(21)8-13)29-17(25)10-24-19(27)14-4-2-3-5-15(14)20(24)28/h2-3,6-8,11,14-15H,4-5,10H2,1H3,(H,23,26)/t11-,14-,15+/m0/s1. The number of imide groups is 1. The lowest BCUT2D eigenvalue weighted by atomic mass is 9.85. The molecule has 1 aliphatic heterocycles. The van der Waals surface area contributed by atoms with Gasteiger partial charge in [0.25, 0.3) is 5.91 Å². The zero-order valence-corrected chi connectivity index (χ0v) is 16.3. The summed E-state index contributed by atoms with van der Waals surface area (Å²) in [6.45, 7) is 0.848. The largest absolute Gasteiger partial charge is 0.451 e. The summed E-state index contributed by atoms with van der Waals surface area (Å²) in [6.07, 6.45) is 3.51. The zero-order chi connectivity index (χ0) is 21.1. The number of halogens is 1. The van der Waals surface area contributed by atoms with Crippen molar-refractivity contribution in [2.24, 2.45) is 11.8 Å². The van der Waals surface area contributed by atoms with E-state index in [2.05, 4.69) is 5.32 Å². The van der Waals surface area contributed by atoms with Crippen molar-refractivity contribution in [2.45, 2.75) is 25.9 Å². The van der Waals surface area contributed by atoms with E-state index >= 15 is 0 Å². The number of allylic oxidation sites excluding steroid dienone is 2. The number of amides is 3. The minimum Gasteiger partial charge on any atom is -0.451 e. The summed E-state index contributed by atoms with van der Waals surface area (Å²) in [7, 11) is 0. The van der Waals surface area contributed by atoms with Crippen molar-refractivity contribution in [3.05, 3.63) is 40.9 Å². The number of carbonyl (C=O) groups is 4. The first-order chi connectivity index (χ1) is 13.8. The van der Waals surface area contributed by atoms with Crippen LogP contribution in [0.4, 0.5) is 5.69 Å². The van der Waals surface area contributed by atoms with Gasteiger partial charge in [0.15, 0.2) is 6.10 Å². The Labute approximate surface area is 172 Å². The van der Waals surface area contributed by atoms with Gasteiger partial charge in [0.2, 0.25) is 11.8 Å². The topological polar surface area (TPSA) is 117 Å². The van der Waals surface area contributed by atoms with E-state index in [9.17, 15) is 19.2 Å². The molecular formula is C20H18ClN3O5. The predicted octanol–water partition coefficient (Wildman–Crippen LogP) is 2.03. The number of rotatable bonds is 5. The van der Waals surface area contributed by atoms with Crippen LogP contribution in [0.3, 0.4) is 0 Å². The molecule has 2 aliphatic rings. The molecular weight excluding hydrogens is 398 g/mol. The predicted molar refractivity (Wildman–Crippen MR) is 102 cm³/mol. The first kappa shape index (κ1) is 20.6. The van der Waals surface area contributed by atoms with Gasteiger partial charge in [0.05, 0.1) is 22.4 Å². The second-order valence-electron chi connectivity index (χ2n) is 6.85. The van der Waals surface area contributed by atoms with E-state index in [1.54, 1.807) is 0 Å². The molecule has 3 rings (SSSR count). The molecule has 1 aromatic carbocycles. The lowest BCUT2D eigenvalue weighted by Crippen LogP contribution is -2.39. The molecule has 0 bridgehead atoms. The number of nitriles is 1. The van der Waals surface area contributed by atoms with Crippen LogP contribution in [0.5, 0.6) is 0 Å². The first-order valence-corrected chi connectivity index (χ1v) is 9.39. The van der Waals surface area contributed by atoms with Crippen LogP contribution in [0, 0.1) is 23.2 Å². The van der Waals surface area contributed by atoms with Crippen LogP contribution >= 0.6 is 11.6 Å². The molecule has 0 saturated carbocycles. The van der Waals surface area contributed by atoms with Gasteiger partial charge in [-0.15, -0.1) is 0 Å². The van der Waals surface area contributed by atoms with Crippen LogP contribution in [0.25, 0.3) is 0 Å². The van der Waals surface area contributed by atoms with Gasteiger partial charge in [-0.3, -0.25) is 24.1 Å². The molecule has 3 amide bonds. The highest BCUT2D eigenvalue weighted by atomic mass is 35.5. The highest BCUT2D eigenvalue weighted by molar-refractivity contribution is 6.32. The van der Waals surface area contributed by atoms with E-state index in [1.165, 1.54) is 25.1 Å². The number of hydrogen-bond acceptors (Lipinski definition) is 6. The van der Waals surface area contributed by atoms with Gasteiger partial charge in [-0.25, -0.2) is 0 Å². The summed E-state index contributed by atoms with van der Waals surface area (Å²) < 4.78 is 5.07. The van der Waals surface area contributed by atoms with E-state index in [0.29, 0.717) is 18.5 Å². The van der Waals surface area contributed by atoms with Crippen molar-refractivity contribution in [1.29, 1.82) is 5.26 Å². The molecule has 1 saturated heterocycles. The third-order valence-corrected chi connectivity index (χ3v) is 5.23. The van der Waals surface area contributed by atoms with Gasteiger partial charge >= 0.3 is 5.97 Å². The quantitative estimate of drug-likeness (QED) is 0.446. The summed E-state index contributed by atoms with van der Waals surface area (Å²) >= 11 is 5.92. The third kappa shape index (κ3) is 4.30. The third-order valence-electron chi connectivity index (χ3n) is 4.92. The van der Waals surface area contributed by atoms with E-state index in [0.717, 1.165) is 4.90 Å². The monoisotopic (exact) mass is 415 g/mol. The fraction of sp³-hybridized carbons (Fsp3) is 0.350. The molecule has 1 heterocycles. The molecule has 3 atom stereocenters. The number of benzene rings is 1. The van der Waals surface area contributed by atoms with Crippen molar-refractivity contribution < 1.29 is 23.9 Å². The molecule has 150 valence electrons. The van der Waals surface area contributed by atoms with Gasteiger partial charge in [-0.05, 0) is 38.0 Å². The number of nitrogens with one attached hydrogen (secondary N) is 1. The van der Waals surface area contributed by atoms with Crippen LogP contribution in [0.2, 0.25) is 5.02 Å². The van der Waals surface area contributed by atoms with Crippen molar-refractivity contribution >= 4 is 41.0 Å². The van der Waals surface area contributed by atoms with E-state index in [-0.39, 0.29) is 22.4 Å². The maximum Gasteiger partial charge on any atom is 0.326 e. The fourth-order valence-electron chi connectivity index (χ4n) is 3.37. The molecule has 1 aromatic rings. The zero-order valence-electron chi connectivity index (χ0n) is 15.6. The van der Waals surface area contributed by atoms with Crippen LogP contribution < -0.4 is 5.32 Å². The maximum absolute atomic E-state index is 12.4. The number of fused-ring (bicyclic) bond motifs is 1. The number of anilines is 1. The molecule has 29 heavy (non-hydrogen) atoms. The van der Waals surface area contributed by atoms with Crippen molar-refractivity contribution in [3.8, 4) is 6.07 Å². The summed E-state index contributed by atoms with van der Waals surface area (Å²) in [5.41, 5.74) is 0.600. The molecule has 0 unspecified atom stereocenters. The van der Waals surface area contributed by atoms with Crippen LogP contribution in [0.1, 0.15) is 25.3 Å². The Bertz CT molecular complexity index is 926.